The Labute approximate surface area is 216 Å². The Morgan fingerprint density at radius 2 is 1.38 bits per heavy atom. The number of piperazine rings is 1. The molecule has 37 heavy (non-hydrogen) atoms. The van der Waals surface area contributed by atoms with Crippen molar-refractivity contribution in [2.24, 2.45) is 0 Å². The van der Waals surface area contributed by atoms with Crippen molar-refractivity contribution in [1.29, 1.82) is 0 Å². The molecule has 0 aliphatic carbocycles. The van der Waals surface area contributed by atoms with E-state index in [0.717, 1.165) is 50.5 Å². The van der Waals surface area contributed by atoms with E-state index in [1.165, 1.54) is 0 Å². The van der Waals surface area contributed by atoms with Crippen molar-refractivity contribution >= 4 is 27.6 Å². The summed E-state index contributed by atoms with van der Waals surface area (Å²) in [6, 6.07) is 15.2. The quantitative estimate of drug-likeness (QED) is 0.527. The highest BCUT2D eigenvalue weighted by Gasteiger charge is 2.33. The van der Waals surface area contributed by atoms with Crippen molar-refractivity contribution in [3.05, 3.63) is 48.5 Å². The summed E-state index contributed by atoms with van der Waals surface area (Å²) in [4.78, 5) is 23.4. The fourth-order valence-electron chi connectivity index (χ4n) is 4.56. The number of ether oxygens (including phenoxy) is 2. The molecule has 0 saturated carbocycles. The van der Waals surface area contributed by atoms with Gasteiger partial charge in [0.1, 0.15) is 11.5 Å². The molecule has 2 aliphatic rings. The zero-order chi connectivity index (χ0) is 27.0. The first-order valence-electron chi connectivity index (χ1n) is 11.9. The smallest absolute Gasteiger partial charge is 0.414 e. The number of carbonyl (C=O) groups is 2. The van der Waals surface area contributed by atoms with Gasteiger partial charge >= 0.3 is 11.9 Å². The molecule has 2 heterocycles. The van der Waals surface area contributed by atoms with Crippen molar-refractivity contribution in [2.75, 3.05) is 58.4 Å². The molecular weight excluding hydrogens is 502 g/mol. The van der Waals surface area contributed by atoms with Crippen LogP contribution in [0.25, 0.3) is 0 Å². The van der Waals surface area contributed by atoms with Crippen LogP contribution in [-0.4, -0.2) is 99.3 Å². The van der Waals surface area contributed by atoms with E-state index in [-0.39, 0.29) is 0 Å². The summed E-state index contributed by atoms with van der Waals surface area (Å²) in [6.45, 7) is 4.98. The van der Waals surface area contributed by atoms with Gasteiger partial charge in [-0.1, -0.05) is 12.1 Å². The lowest BCUT2D eigenvalue weighted by Gasteiger charge is -2.43. The summed E-state index contributed by atoms with van der Waals surface area (Å²) >= 11 is 0. The Hall–Kier alpha value is -3.35. The summed E-state index contributed by atoms with van der Waals surface area (Å²) in [5.74, 6) is -2.08. The highest BCUT2D eigenvalue weighted by Crippen LogP contribution is 2.30. The van der Waals surface area contributed by atoms with Crippen LogP contribution >= 0.6 is 0 Å². The molecule has 0 unspecified atom stereocenters. The SMILES string of the molecule is COc1ccc(S(=O)(=O)N2CCC(N3CCN(c4ccccc4OC)CC3)CC2)cc1.O=C(O)C(=O)O. The molecule has 11 nitrogen and oxygen atoms in total. The second-order valence-corrected chi connectivity index (χ2v) is 10.6. The van der Waals surface area contributed by atoms with Gasteiger partial charge in [0.2, 0.25) is 10.0 Å². The van der Waals surface area contributed by atoms with Crippen LogP contribution in [-0.2, 0) is 19.6 Å². The van der Waals surface area contributed by atoms with Gasteiger partial charge in [0, 0.05) is 45.3 Å². The molecule has 2 aromatic rings. The Bertz CT molecular complexity index is 1140. The number of carboxylic acid groups (broad SMARTS) is 2. The van der Waals surface area contributed by atoms with Gasteiger partial charge in [-0.25, -0.2) is 18.0 Å². The summed E-state index contributed by atoms with van der Waals surface area (Å²) in [6.07, 6.45) is 1.73. The zero-order valence-corrected chi connectivity index (χ0v) is 21.8. The van der Waals surface area contributed by atoms with Crippen LogP contribution in [0.5, 0.6) is 11.5 Å². The molecule has 202 valence electrons. The third kappa shape index (κ3) is 7.12. The number of nitrogens with zero attached hydrogens (tertiary/aromatic N) is 3. The molecule has 0 radical (unpaired) electrons. The molecule has 2 aromatic carbocycles. The second-order valence-electron chi connectivity index (χ2n) is 8.62. The number of para-hydroxylation sites is 2. The molecule has 0 atom stereocenters. The van der Waals surface area contributed by atoms with Crippen molar-refractivity contribution in [2.45, 2.75) is 23.8 Å². The lowest BCUT2D eigenvalue weighted by atomic mass is 10.0. The van der Waals surface area contributed by atoms with Gasteiger partial charge < -0.3 is 24.6 Å². The van der Waals surface area contributed by atoms with Crippen LogP contribution in [0.4, 0.5) is 5.69 Å². The van der Waals surface area contributed by atoms with E-state index in [9.17, 15) is 8.42 Å². The Morgan fingerprint density at radius 3 is 1.89 bits per heavy atom. The first kappa shape index (κ1) is 28.2. The third-order valence-electron chi connectivity index (χ3n) is 6.56. The predicted octanol–water partition coefficient (Wildman–Crippen LogP) is 1.83. The van der Waals surface area contributed by atoms with E-state index >= 15 is 0 Å². The molecule has 2 aliphatic heterocycles. The number of hydrogen-bond acceptors (Lipinski definition) is 8. The molecule has 12 heteroatoms. The molecule has 0 spiro atoms. The Kier molecular flexibility index (Phi) is 9.73. The van der Waals surface area contributed by atoms with Gasteiger partial charge in [0.25, 0.3) is 0 Å². The number of aliphatic carboxylic acids is 2. The van der Waals surface area contributed by atoms with E-state index < -0.39 is 22.0 Å². The summed E-state index contributed by atoms with van der Waals surface area (Å²) in [5.41, 5.74) is 1.14. The maximum Gasteiger partial charge on any atom is 0.414 e. The largest absolute Gasteiger partial charge is 0.497 e. The van der Waals surface area contributed by atoms with Crippen LogP contribution in [0.1, 0.15) is 12.8 Å². The van der Waals surface area contributed by atoms with Crippen molar-refractivity contribution in [3.63, 3.8) is 0 Å². The van der Waals surface area contributed by atoms with Crippen LogP contribution in [0.2, 0.25) is 0 Å². The fraction of sp³-hybridized carbons (Fsp3) is 0.440. The van der Waals surface area contributed by atoms with Gasteiger partial charge in [0.05, 0.1) is 24.8 Å². The molecule has 0 bridgehead atoms. The Balaban J connectivity index is 0.000000568. The highest BCUT2D eigenvalue weighted by atomic mass is 32.2. The predicted molar refractivity (Wildman–Crippen MR) is 137 cm³/mol. The van der Waals surface area contributed by atoms with Crippen LogP contribution < -0.4 is 14.4 Å². The highest BCUT2D eigenvalue weighted by molar-refractivity contribution is 7.89. The van der Waals surface area contributed by atoms with Gasteiger partial charge in [-0.3, -0.25) is 4.90 Å². The number of sulfonamides is 1. The Morgan fingerprint density at radius 1 is 0.811 bits per heavy atom. The van der Waals surface area contributed by atoms with Gasteiger partial charge in [-0.15, -0.1) is 0 Å². The second kappa shape index (κ2) is 12.7. The van der Waals surface area contributed by atoms with Crippen molar-refractivity contribution < 1.29 is 37.7 Å². The molecule has 4 rings (SSSR count). The molecule has 2 fully saturated rings. The molecule has 0 aromatic heterocycles. The molecule has 2 N–H and O–H groups in total. The van der Waals surface area contributed by atoms with E-state index in [2.05, 4.69) is 15.9 Å². The maximum absolute atomic E-state index is 13.0. The number of benzene rings is 2. The average molecular weight is 536 g/mol. The number of anilines is 1. The zero-order valence-electron chi connectivity index (χ0n) is 20.9. The van der Waals surface area contributed by atoms with Crippen LogP contribution in [0.15, 0.2) is 53.4 Å². The van der Waals surface area contributed by atoms with E-state index in [0.29, 0.717) is 29.8 Å². The topological polar surface area (TPSA) is 137 Å². The summed E-state index contributed by atoms with van der Waals surface area (Å²) < 4.78 is 38.2. The number of hydrogen-bond donors (Lipinski definition) is 2. The van der Waals surface area contributed by atoms with E-state index in [1.54, 1.807) is 42.8 Å². The van der Waals surface area contributed by atoms with E-state index in [1.807, 2.05) is 18.2 Å². The fourth-order valence-corrected chi connectivity index (χ4v) is 6.03. The number of methoxy groups -OCH3 is 2. The van der Waals surface area contributed by atoms with Crippen molar-refractivity contribution in [3.8, 4) is 11.5 Å². The van der Waals surface area contributed by atoms with Gasteiger partial charge in [-0.05, 0) is 49.2 Å². The van der Waals surface area contributed by atoms with Crippen LogP contribution in [0, 0.1) is 0 Å². The summed E-state index contributed by atoms with van der Waals surface area (Å²) in [7, 11) is -0.172. The van der Waals surface area contributed by atoms with Gasteiger partial charge in [0.15, 0.2) is 0 Å². The first-order valence-corrected chi connectivity index (χ1v) is 13.3. The first-order chi connectivity index (χ1) is 17.7. The van der Waals surface area contributed by atoms with Gasteiger partial charge in [-0.2, -0.15) is 4.31 Å². The van der Waals surface area contributed by atoms with E-state index in [4.69, 9.17) is 29.3 Å². The number of rotatable bonds is 6. The molecular formula is C25H33N3O8S. The third-order valence-corrected chi connectivity index (χ3v) is 8.47. The molecule has 0 amide bonds. The lowest BCUT2D eigenvalue weighted by Crippen LogP contribution is -2.53. The molecule has 2 saturated heterocycles. The normalized spacial score (nSPS) is 17.4. The lowest BCUT2D eigenvalue weighted by molar-refractivity contribution is -0.159. The maximum atomic E-state index is 13.0. The number of carboxylic acids is 2. The average Bonchev–Trinajstić information content (AvgIpc) is 2.93. The standard InChI is InChI=1S/C23H31N3O4S.C2H2O4/c1-29-20-7-9-21(10-8-20)31(27,28)26-13-11-19(12-14-26)24-15-17-25(18-16-24)22-5-3-4-6-23(22)30-2;3-1(4)2(5)6/h3-10,19H,11-18H2,1-2H3;(H,3,4)(H,5,6). The van der Waals surface area contributed by atoms with Crippen molar-refractivity contribution in [1.82, 2.24) is 9.21 Å². The minimum atomic E-state index is -3.46. The summed E-state index contributed by atoms with van der Waals surface area (Å²) in [5, 5.41) is 14.8. The minimum Gasteiger partial charge on any atom is -0.497 e. The minimum absolute atomic E-state index is 0.331. The number of piperidine rings is 1. The van der Waals surface area contributed by atoms with Crippen LogP contribution in [0.3, 0.4) is 0 Å². The monoisotopic (exact) mass is 535 g/mol.